The fraction of sp³-hybridized carbons (Fsp3) is 0.214. The summed E-state index contributed by atoms with van der Waals surface area (Å²) in [6.45, 7) is 2.16. The quantitative estimate of drug-likeness (QED) is 0.858. The van der Waals surface area contributed by atoms with E-state index in [9.17, 15) is 4.79 Å². The molecule has 1 heterocycles. The van der Waals surface area contributed by atoms with E-state index in [2.05, 4.69) is 15.3 Å². The molecule has 3 N–H and O–H groups in total. The molecule has 2 rings (SSSR count). The molecule has 5 nitrogen and oxygen atoms in total. The average molecular weight is 256 g/mol. The van der Waals surface area contributed by atoms with E-state index in [1.807, 2.05) is 30.3 Å². The number of carbonyl (C=O) groups excluding carboxylic acids is 1. The monoisotopic (exact) mass is 256 g/mol. The summed E-state index contributed by atoms with van der Waals surface area (Å²) in [5.74, 6) is 0.460. The Hall–Kier alpha value is -2.27. The number of benzene rings is 1. The number of rotatable bonds is 4. The predicted molar refractivity (Wildman–Crippen MR) is 72.0 cm³/mol. The molecule has 0 aliphatic heterocycles. The number of nitrogens with two attached hydrogens (primary N) is 1. The fourth-order valence-corrected chi connectivity index (χ4v) is 1.70. The van der Waals surface area contributed by atoms with Crippen LogP contribution in [-0.2, 0) is 11.3 Å². The Labute approximate surface area is 111 Å². The molecule has 1 aromatic heterocycles. The van der Waals surface area contributed by atoms with Crippen LogP contribution in [0.25, 0.3) is 0 Å². The highest BCUT2D eigenvalue weighted by molar-refractivity contribution is 5.82. The van der Waals surface area contributed by atoms with Gasteiger partial charge in [0.1, 0.15) is 11.9 Å². The summed E-state index contributed by atoms with van der Waals surface area (Å²) in [4.78, 5) is 20.1. The van der Waals surface area contributed by atoms with Gasteiger partial charge in [-0.2, -0.15) is 0 Å². The third-order valence-corrected chi connectivity index (χ3v) is 2.72. The largest absolute Gasteiger partial charge is 0.349 e. The Bertz CT molecular complexity index is 556. The molecule has 98 valence electrons. The van der Waals surface area contributed by atoms with Gasteiger partial charge in [-0.05, 0) is 18.6 Å². The first kappa shape index (κ1) is 13.2. The number of carbonyl (C=O) groups is 1. The Kier molecular flexibility index (Phi) is 4.20. The standard InChI is InChI=1S/C14H16N4O/c1-10-16-8-7-12(18-10)9-17-14(19)13(15)11-5-3-2-4-6-11/h2-8,13H,9,15H2,1H3,(H,17,19)/t13-/m1/s1. The summed E-state index contributed by atoms with van der Waals surface area (Å²) < 4.78 is 0. The molecule has 0 spiro atoms. The van der Waals surface area contributed by atoms with Crippen molar-refractivity contribution in [2.75, 3.05) is 0 Å². The van der Waals surface area contributed by atoms with Crippen LogP contribution in [0.2, 0.25) is 0 Å². The lowest BCUT2D eigenvalue weighted by atomic mass is 10.1. The van der Waals surface area contributed by atoms with Gasteiger partial charge in [-0.25, -0.2) is 9.97 Å². The third-order valence-electron chi connectivity index (χ3n) is 2.72. The van der Waals surface area contributed by atoms with E-state index in [0.717, 1.165) is 11.3 Å². The van der Waals surface area contributed by atoms with E-state index in [1.54, 1.807) is 19.2 Å². The van der Waals surface area contributed by atoms with E-state index in [1.165, 1.54) is 0 Å². The number of aryl methyl sites for hydroxylation is 1. The fourth-order valence-electron chi connectivity index (χ4n) is 1.70. The van der Waals surface area contributed by atoms with Gasteiger partial charge >= 0.3 is 0 Å². The average Bonchev–Trinajstić information content (AvgIpc) is 2.45. The smallest absolute Gasteiger partial charge is 0.241 e. The molecule has 1 aromatic carbocycles. The Morgan fingerprint density at radius 2 is 2.05 bits per heavy atom. The minimum Gasteiger partial charge on any atom is -0.349 e. The van der Waals surface area contributed by atoms with E-state index in [0.29, 0.717) is 12.4 Å². The van der Waals surface area contributed by atoms with Crippen molar-refractivity contribution in [1.82, 2.24) is 15.3 Å². The lowest BCUT2D eigenvalue weighted by Crippen LogP contribution is -2.33. The molecule has 0 saturated carbocycles. The topological polar surface area (TPSA) is 80.9 Å². The van der Waals surface area contributed by atoms with Crippen LogP contribution in [0.15, 0.2) is 42.6 Å². The van der Waals surface area contributed by atoms with E-state index >= 15 is 0 Å². The van der Waals surface area contributed by atoms with Crippen molar-refractivity contribution in [2.24, 2.45) is 5.73 Å². The zero-order chi connectivity index (χ0) is 13.7. The minimum absolute atomic E-state index is 0.220. The van der Waals surface area contributed by atoms with Crippen LogP contribution in [0.1, 0.15) is 23.1 Å². The van der Waals surface area contributed by atoms with Crippen molar-refractivity contribution in [1.29, 1.82) is 0 Å². The van der Waals surface area contributed by atoms with Gasteiger partial charge < -0.3 is 11.1 Å². The van der Waals surface area contributed by atoms with Gasteiger partial charge in [0.2, 0.25) is 5.91 Å². The number of aromatic nitrogens is 2. The highest BCUT2D eigenvalue weighted by atomic mass is 16.2. The minimum atomic E-state index is -0.663. The van der Waals surface area contributed by atoms with Crippen LogP contribution in [0.3, 0.4) is 0 Å². The maximum atomic E-state index is 11.9. The van der Waals surface area contributed by atoms with Gasteiger partial charge in [0.25, 0.3) is 0 Å². The van der Waals surface area contributed by atoms with Crippen molar-refractivity contribution in [3.63, 3.8) is 0 Å². The molecule has 0 radical (unpaired) electrons. The number of hydrogen-bond acceptors (Lipinski definition) is 4. The van der Waals surface area contributed by atoms with E-state index in [4.69, 9.17) is 5.73 Å². The summed E-state index contributed by atoms with van der Waals surface area (Å²) in [5.41, 5.74) is 7.44. The van der Waals surface area contributed by atoms with E-state index in [-0.39, 0.29) is 5.91 Å². The predicted octanol–water partition coefficient (Wildman–Crippen LogP) is 1.10. The highest BCUT2D eigenvalue weighted by Gasteiger charge is 2.14. The van der Waals surface area contributed by atoms with Crippen LogP contribution in [0, 0.1) is 6.92 Å². The van der Waals surface area contributed by atoms with Crippen molar-refractivity contribution in [3.8, 4) is 0 Å². The van der Waals surface area contributed by atoms with Crippen molar-refractivity contribution >= 4 is 5.91 Å². The molecule has 1 atom stereocenters. The Morgan fingerprint density at radius 1 is 1.32 bits per heavy atom. The van der Waals surface area contributed by atoms with Gasteiger partial charge in [0.05, 0.1) is 12.2 Å². The summed E-state index contributed by atoms with van der Waals surface area (Å²) in [6, 6.07) is 10.4. The number of nitrogens with one attached hydrogen (secondary N) is 1. The summed E-state index contributed by atoms with van der Waals surface area (Å²) in [6.07, 6.45) is 1.67. The van der Waals surface area contributed by atoms with Crippen molar-refractivity contribution in [3.05, 3.63) is 59.7 Å². The highest BCUT2D eigenvalue weighted by Crippen LogP contribution is 2.09. The third kappa shape index (κ3) is 3.59. The molecule has 0 aliphatic carbocycles. The second kappa shape index (κ2) is 6.06. The van der Waals surface area contributed by atoms with Gasteiger partial charge in [-0.1, -0.05) is 30.3 Å². The zero-order valence-electron chi connectivity index (χ0n) is 10.7. The molecule has 0 aliphatic rings. The van der Waals surface area contributed by atoms with Crippen LogP contribution in [0.4, 0.5) is 0 Å². The second-order valence-electron chi connectivity index (χ2n) is 4.20. The molecular formula is C14H16N4O. The number of amides is 1. The first-order chi connectivity index (χ1) is 9.16. The second-order valence-corrected chi connectivity index (χ2v) is 4.20. The molecule has 19 heavy (non-hydrogen) atoms. The van der Waals surface area contributed by atoms with Gasteiger partial charge in [-0.3, -0.25) is 4.79 Å². The zero-order valence-corrected chi connectivity index (χ0v) is 10.7. The lowest BCUT2D eigenvalue weighted by molar-refractivity contribution is -0.122. The maximum absolute atomic E-state index is 11.9. The van der Waals surface area contributed by atoms with Crippen LogP contribution in [0.5, 0.6) is 0 Å². The van der Waals surface area contributed by atoms with Crippen LogP contribution in [-0.4, -0.2) is 15.9 Å². The lowest BCUT2D eigenvalue weighted by Gasteiger charge is -2.12. The molecule has 0 bridgehead atoms. The van der Waals surface area contributed by atoms with Gasteiger partial charge in [-0.15, -0.1) is 0 Å². The van der Waals surface area contributed by atoms with E-state index < -0.39 is 6.04 Å². The normalized spacial score (nSPS) is 11.9. The van der Waals surface area contributed by atoms with Crippen LogP contribution < -0.4 is 11.1 Å². The van der Waals surface area contributed by atoms with Crippen molar-refractivity contribution < 1.29 is 4.79 Å². The maximum Gasteiger partial charge on any atom is 0.241 e. The Morgan fingerprint density at radius 3 is 2.74 bits per heavy atom. The molecular weight excluding hydrogens is 240 g/mol. The summed E-state index contributed by atoms with van der Waals surface area (Å²) in [7, 11) is 0. The number of nitrogens with zero attached hydrogens (tertiary/aromatic N) is 2. The SMILES string of the molecule is Cc1nccc(CNC(=O)[C@H](N)c2ccccc2)n1. The molecule has 0 saturated heterocycles. The first-order valence-corrected chi connectivity index (χ1v) is 6.03. The van der Waals surface area contributed by atoms with Crippen molar-refractivity contribution in [2.45, 2.75) is 19.5 Å². The molecule has 5 heteroatoms. The van der Waals surface area contributed by atoms with Gasteiger partial charge in [0.15, 0.2) is 0 Å². The number of hydrogen-bond donors (Lipinski definition) is 2. The van der Waals surface area contributed by atoms with Gasteiger partial charge in [0, 0.05) is 6.20 Å². The first-order valence-electron chi connectivity index (χ1n) is 6.03. The molecule has 0 unspecified atom stereocenters. The molecule has 2 aromatic rings. The summed E-state index contributed by atoms with van der Waals surface area (Å²) >= 11 is 0. The Balaban J connectivity index is 1.95. The molecule has 1 amide bonds. The summed E-state index contributed by atoms with van der Waals surface area (Å²) in [5, 5.41) is 2.77. The van der Waals surface area contributed by atoms with Crippen LogP contribution >= 0.6 is 0 Å². The molecule has 0 fully saturated rings.